The van der Waals surface area contributed by atoms with Gasteiger partial charge in [-0.2, -0.15) is 4.58 Å². The Hall–Kier alpha value is -5.62. The lowest BCUT2D eigenvalue weighted by Crippen LogP contribution is -2.32. The summed E-state index contributed by atoms with van der Waals surface area (Å²) in [6, 6.07) is 17.0. The summed E-state index contributed by atoms with van der Waals surface area (Å²) in [7, 11) is 0. The van der Waals surface area contributed by atoms with Crippen LogP contribution in [0.5, 0.6) is 0 Å². The van der Waals surface area contributed by atoms with Crippen LogP contribution in [0.2, 0.25) is 0 Å². The van der Waals surface area contributed by atoms with Gasteiger partial charge in [0.05, 0.1) is 5.41 Å². The van der Waals surface area contributed by atoms with Crippen LogP contribution in [0.25, 0.3) is 0 Å². The first kappa shape index (κ1) is 45.4. The van der Waals surface area contributed by atoms with E-state index >= 15 is 0 Å². The maximum absolute atomic E-state index is 12.4. The lowest BCUT2D eigenvalue weighted by Gasteiger charge is -2.27. The summed E-state index contributed by atoms with van der Waals surface area (Å²) in [5.74, 6) is -3.02. The van der Waals surface area contributed by atoms with Gasteiger partial charge in [-0.15, -0.1) is 10.1 Å². The normalized spacial score (nSPS) is 20.6. The molecule has 4 heterocycles. The van der Waals surface area contributed by atoms with Crippen molar-refractivity contribution in [3.05, 3.63) is 106 Å². The molecule has 0 saturated carbocycles. The third-order valence-corrected chi connectivity index (χ3v) is 13.3. The van der Waals surface area contributed by atoms with Crippen LogP contribution in [-0.4, -0.2) is 69.1 Å². The van der Waals surface area contributed by atoms with Crippen LogP contribution in [0.3, 0.4) is 0 Å². The summed E-state index contributed by atoms with van der Waals surface area (Å²) in [5.41, 5.74) is 8.91. The van der Waals surface area contributed by atoms with E-state index in [1.54, 1.807) is 0 Å². The van der Waals surface area contributed by atoms with E-state index in [4.69, 9.17) is 21.3 Å². The molecule has 2 saturated heterocycles. The molecule has 5 aliphatic rings. The third-order valence-electron chi connectivity index (χ3n) is 12.9. The molecule has 0 aromatic heterocycles. The van der Waals surface area contributed by atoms with Crippen LogP contribution >= 0.6 is 11.6 Å². The Morgan fingerprint density at radius 1 is 0.667 bits per heavy atom. The second kappa shape index (κ2) is 19.4. The minimum absolute atomic E-state index is 0.0746. The van der Waals surface area contributed by atoms with Crippen molar-refractivity contribution in [2.45, 2.75) is 135 Å². The minimum Gasteiger partial charge on any atom is -0.344 e. The third kappa shape index (κ3) is 9.81. The molecule has 13 heteroatoms. The Labute approximate surface area is 374 Å². The number of imide groups is 2. The molecule has 1 aliphatic carbocycles. The number of hydrogen-bond donors (Lipinski definition) is 0. The molecule has 0 bridgehead atoms. The highest BCUT2D eigenvalue weighted by Gasteiger charge is 2.44. The molecule has 0 N–H and O–H groups in total. The molecular formula is C50H58ClN4O8+. The Morgan fingerprint density at radius 3 is 1.87 bits per heavy atom. The number of benzene rings is 2. The van der Waals surface area contributed by atoms with Crippen molar-refractivity contribution in [1.29, 1.82) is 0 Å². The first-order chi connectivity index (χ1) is 30.2. The number of amides is 4. The summed E-state index contributed by atoms with van der Waals surface area (Å²) in [5, 5.41) is 2.00. The van der Waals surface area contributed by atoms with Crippen LogP contribution in [0.4, 0.5) is 11.4 Å². The number of anilines is 1. The molecular weight excluding hydrogens is 820 g/mol. The fraction of sp³-hybridized carbons (Fsp3) is 0.460. The van der Waals surface area contributed by atoms with E-state index in [1.165, 1.54) is 33.9 Å². The number of carbonyl (C=O) groups is 6. The lowest BCUT2D eigenvalue weighted by molar-refractivity contribution is -0.438. The van der Waals surface area contributed by atoms with E-state index in [1.807, 2.05) is 0 Å². The molecule has 2 aromatic rings. The van der Waals surface area contributed by atoms with E-state index in [9.17, 15) is 28.8 Å². The van der Waals surface area contributed by atoms with Crippen LogP contribution in [0.15, 0.2) is 94.7 Å². The fourth-order valence-electron chi connectivity index (χ4n) is 9.37. The molecule has 7 rings (SSSR count). The van der Waals surface area contributed by atoms with E-state index in [0.29, 0.717) is 23.0 Å². The van der Waals surface area contributed by atoms with Crippen molar-refractivity contribution in [3.8, 4) is 0 Å². The quantitative estimate of drug-likeness (QED) is 0.0867. The standard InChI is InChI=1S/C50H58ClN4O8/c1-49(2)36-18-9-11-20-38(36)52(32-13-5-7-22-46(60)62-54-42(56)28-29-43(54)57)40(49)26-24-34-16-15-17-35(48(34)51)25-27-41-50(3,4)37-19-10-12-21-39(37)53(41)33-14-6-8-23-47(61)63-55-44(58)30-31-45(55)59/h9-12,18-21,24-27H,5-8,13-17,22-23,28-33H2,1-4H3/q+1. The molecule has 2 aromatic carbocycles. The highest BCUT2D eigenvalue weighted by Crippen LogP contribution is 2.48. The average molecular weight is 878 g/mol. The molecule has 0 spiro atoms. The molecule has 2 fully saturated rings. The monoisotopic (exact) mass is 877 g/mol. The molecule has 63 heavy (non-hydrogen) atoms. The number of halogens is 1. The van der Waals surface area contributed by atoms with Crippen LogP contribution < -0.4 is 4.90 Å². The number of nitrogens with zero attached hydrogens (tertiary/aromatic N) is 4. The summed E-state index contributed by atoms with van der Waals surface area (Å²) in [6.07, 6.45) is 16.5. The zero-order valence-corrected chi connectivity index (χ0v) is 37.6. The molecule has 12 nitrogen and oxygen atoms in total. The molecule has 0 atom stereocenters. The molecule has 4 amide bonds. The number of hydrogen-bond acceptors (Lipinski definition) is 9. The zero-order chi connectivity index (χ0) is 44.9. The van der Waals surface area contributed by atoms with Gasteiger partial charge in [0.15, 0.2) is 5.71 Å². The van der Waals surface area contributed by atoms with Gasteiger partial charge in [-0.05, 0) is 87.6 Å². The summed E-state index contributed by atoms with van der Waals surface area (Å²) < 4.78 is 2.38. The van der Waals surface area contributed by atoms with E-state index in [2.05, 4.69) is 110 Å². The topological polar surface area (TPSA) is 134 Å². The van der Waals surface area contributed by atoms with Crippen LogP contribution in [-0.2, 0) is 49.3 Å². The van der Waals surface area contributed by atoms with E-state index in [0.717, 1.165) is 74.2 Å². The van der Waals surface area contributed by atoms with Gasteiger partial charge < -0.3 is 14.6 Å². The molecule has 4 aliphatic heterocycles. The smallest absolute Gasteiger partial charge is 0.333 e. The molecule has 0 unspecified atom stereocenters. The SMILES string of the molecule is CC1(C)C(=CC=C2CCCC(C=CC3=[N+](CCCCCC(=O)ON4C(=O)CCC4=O)c4ccccc4C3(C)C)=C2Cl)N(CCCCCC(=O)ON2C(=O)CCC2=O)c2ccccc21. The Kier molecular flexibility index (Phi) is 14.0. The largest absolute Gasteiger partial charge is 0.344 e. The fourth-order valence-corrected chi connectivity index (χ4v) is 9.69. The van der Waals surface area contributed by atoms with E-state index < -0.39 is 35.6 Å². The van der Waals surface area contributed by atoms with Crippen molar-refractivity contribution in [2.24, 2.45) is 0 Å². The number of allylic oxidation sites excluding steroid dienone is 8. The Bertz CT molecular complexity index is 2320. The maximum Gasteiger partial charge on any atom is 0.333 e. The van der Waals surface area contributed by atoms with E-state index in [-0.39, 0.29) is 49.4 Å². The second-order valence-corrected chi connectivity index (χ2v) is 18.3. The lowest BCUT2D eigenvalue weighted by atomic mass is 9.81. The minimum atomic E-state index is -0.568. The average Bonchev–Trinajstić information content (AvgIpc) is 3.89. The molecule has 332 valence electrons. The predicted molar refractivity (Wildman–Crippen MR) is 239 cm³/mol. The highest BCUT2D eigenvalue weighted by molar-refractivity contribution is 6.32. The molecule has 0 radical (unpaired) electrons. The number of carbonyl (C=O) groups excluding carboxylic acids is 6. The number of rotatable bonds is 17. The zero-order valence-electron chi connectivity index (χ0n) is 36.9. The number of hydroxylamine groups is 4. The predicted octanol–water partition coefficient (Wildman–Crippen LogP) is 9.24. The number of unbranched alkanes of at least 4 members (excludes halogenated alkanes) is 4. The van der Waals surface area contributed by atoms with Gasteiger partial charge in [0.2, 0.25) is 5.69 Å². The Balaban J connectivity index is 1.03. The van der Waals surface area contributed by atoms with Gasteiger partial charge >= 0.3 is 11.9 Å². The maximum atomic E-state index is 12.4. The van der Waals surface area contributed by atoms with Gasteiger partial charge in [0.1, 0.15) is 6.54 Å². The van der Waals surface area contributed by atoms with Crippen LogP contribution in [0, 0.1) is 0 Å². The van der Waals surface area contributed by atoms with Crippen molar-refractivity contribution < 1.29 is 43.0 Å². The van der Waals surface area contributed by atoms with Crippen molar-refractivity contribution >= 4 is 64.3 Å². The second-order valence-electron chi connectivity index (χ2n) is 18.0. The van der Waals surface area contributed by atoms with Crippen molar-refractivity contribution in [2.75, 3.05) is 18.0 Å². The van der Waals surface area contributed by atoms with Gasteiger partial charge in [0, 0.05) is 91.0 Å². The highest BCUT2D eigenvalue weighted by atomic mass is 35.5. The van der Waals surface area contributed by atoms with Gasteiger partial charge in [-0.25, -0.2) is 9.59 Å². The summed E-state index contributed by atoms with van der Waals surface area (Å²) >= 11 is 7.28. The summed E-state index contributed by atoms with van der Waals surface area (Å²) in [6.45, 7) is 10.5. The van der Waals surface area contributed by atoms with Gasteiger partial charge in [-0.1, -0.05) is 80.4 Å². The van der Waals surface area contributed by atoms with Crippen molar-refractivity contribution in [3.63, 3.8) is 0 Å². The first-order valence-electron chi connectivity index (χ1n) is 22.4. The number of para-hydroxylation sites is 2. The number of fused-ring (bicyclic) bond motifs is 2. The van der Waals surface area contributed by atoms with Gasteiger partial charge in [0.25, 0.3) is 23.6 Å². The van der Waals surface area contributed by atoms with Crippen LogP contribution in [0.1, 0.15) is 135 Å². The Morgan fingerprint density at radius 2 is 1.24 bits per heavy atom. The van der Waals surface area contributed by atoms with Gasteiger partial charge in [-0.3, -0.25) is 19.2 Å². The van der Waals surface area contributed by atoms with Crippen molar-refractivity contribution in [1.82, 2.24) is 10.1 Å². The first-order valence-corrected chi connectivity index (χ1v) is 22.8. The summed E-state index contributed by atoms with van der Waals surface area (Å²) in [4.78, 5) is 84.6.